The summed E-state index contributed by atoms with van der Waals surface area (Å²) < 4.78 is 0. The summed E-state index contributed by atoms with van der Waals surface area (Å²) in [6.45, 7) is 5.69. The van der Waals surface area contributed by atoms with Crippen molar-refractivity contribution in [2.75, 3.05) is 13.1 Å². The average Bonchev–Trinajstić information content (AvgIpc) is 3.16. The Morgan fingerprint density at radius 3 is 0.789 bits per heavy atom. The molecule has 10 N–H and O–H groups in total. The molecule has 0 rings (SSSR count). The van der Waals surface area contributed by atoms with Gasteiger partial charge in [0.1, 0.15) is 0 Å². The molecule has 0 aliphatic carbocycles. The number of carboxylic acids is 4. The van der Waals surface area contributed by atoms with Crippen LogP contribution in [0.25, 0.3) is 0 Å². The zero-order valence-electron chi connectivity index (χ0n) is 37.0. The fraction of sp³-hybridized carbons (Fsp3) is 0.909. The van der Waals surface area contributed by atoms with Crippen LogP contribution < -0.4 is 33.1 Å². The van der Waals surface area contributed by atoms with Gasteiger partial charge in [-0.2, -0.15) is 0 Å². The molecule has 0 heterocycles. The monoisotopic (exact) mass is 827 g/mol. The molecule has 0 fully saturated rings. The second-order valence-corrected chi connectivity index (χ2v) is 15.2. The zero-order chi connectivity index (χ0) is 42.9. The quantitative estimate of drug-likeness (QED) is 0.0269. The van der Waals surface area contributed by atoms with Crippen molar-refractivity contribution in [3.8, 4) is 0 Å². The van der Waals surface area contributed by atoms with Crippen LogP contribution in [0, 0.1) is 0 Å². The van der Waals surface area contributed by atoms with E-state index in [2.05, 4.69) is 13.8 Å². The summed E-state index contributed by atoms with van der Waals surface area (Å²) in [4.78, 5) is 40.7. The Morgan fingerprint density at radius 1 is 0.404 bits per heavy atom. The third-order valence-electron chi connectivity index (χ3n) is 9.53. The van der Waals surface area contributed by atoms with Crippen molar-refractivity contribution in [3.63, 3.8) is 0 Å². The van der Waals surface area contributed by atoms with Crippen molar-refractivity contribution in [3.05, 3.63) is 0 Å². The summed E-state index contributed by atoms with van der Waals surface area (Å²) in [5.74, 6) is -3.68. The van der Waals surface area contributed by atoms with Gasteiger partial charge in [-0.3, -0.25) is 9.59 Å². The van der Waals surface area contributed by atoms with Gasteiger partial charge in [0, 0.05) is 24.9 Å². The minimum Gasteiger partial charge on any atom is -0.548 e. The first-order valence-corrected chi connectivity index (χ1v) is 22.7. The molecule has 0 aromatic carbocycles. The van der Waals surface area contributed by atoms with Gasteiger partial charge in [-0.1, -0.05) is 181 Å². The van der Waals surface area contributed by atoms with Gasteiger partial charge in [-0.25, -0.2) is 0 Å². The number of carbonyl (C=O) groups excluding carboxylic acids is 2. The molecule has 0 amide bonds. The van der Waals surface area contributed by atoms with Gasteiger partial charge in [0.2, 0.25) is 0 Å². The van der Waals surface area contributed by atoms with Crippen LogP contribution in [0.3, 0.4) is 0 Å². The average molecular weight is 828 g/mol. The largest absolute Gasteiger partial charge is 2.00 e. The molecule has 12 nitrogen and oxygen atoms in total. The standard InChI is InChI=1S/2C16H32O2.2C6H14N2O2.Mg/c2*1-2-3-4-5-6-7-8-9-10-11-12-13-14-15-16(17)18;2*7-4-2-1-3-5(8)6(9)10;/h2*2-15H2,1H3,(H,17,18);2*5H,1-4,7-8H2,(H,9,10);/q;;;;+2/p-2/t;;2*5-;/m..00./s1. The van der Waals surface area contributed by atoms with Gasteiger partial charge in [-0.05, 0) is 51.6 Å². The molecule has 0 saturated carbocycles. The number of hydrogen-bond donors (Lipinski definition) is 6. The van der Waals surface area contributed by atoms with Crippen molar-refractivity contribution >= 4 is 46.9 Å². The Labute approximate surface area is 365 Å². The molecule has 13 heteroatoms. The molecule has 336 valence electrons. The summed E-state index contributed by atoms with van der Waals surface area (Å²) in [5.41, 5.74) is 20.7. The molecule has 0 bridgehead atoms. The maximum Gasteiger partial charge on any atom is 2.00 e. The SMILES string of the molecule is CCCCCCCCCCCCCCCC(=O)O.CCCCCCCCCCCCCCCC(=O)O.NCCCC[C@H](N)C(=O)[O-].NCCCC[C@H](N)C(=O)[O-].[Mg+2]. The minimum atomic E-state index is -1.18. The number of rotatable bonds is 38. The Hall–Kier alpha value is -1.51. The molecule has 0 aromatic rings. The van der Waals surface area contributed by atoms with Crippen LogP contribution in [0.4, 0.5) is 0 Å². The van der Waals surface area contributed by atoms with Crippen LogP contribution in [0.2, 0.25) is 0 Å². The third kappa shape index (κ3) is 69.5. The number of carboxylic acid groups (broad SMARTS) is 4. The summed E-state index contributed by atoms with van der Waals surface area (Å²) in [6.07, 6.45) is 38.6. The molecule has 2 atom stereocenters. The first-order valence-electron chi connectivity index (χ1n) is 22.7. The van der Waals surface area contributed by atoms with E-state index in [1.807, 2.05) is 0 Å². The zero-order valence-corrected chi connectivity index (χ0v) is 38.4. The third-order valence-corrected chi connectivity index (χ3v) is 9.53. The Bertz CT molecular complexity index is 776. The van der Waals surface area contributed by atoms with E-state index in [4.69, 9.17) is 33.1 Å². The first kappa shape index (κ1) is 64.6. The number of nitrogens with two attached hydrogens (primary N) is 4. The number of carbonyl (C=O) groups is 4. The molecule has 57 heavy (non-hydrogen) atoms. The number of hydrogen-bond acceptors (Lipinski definition) is 10. The van der Waals surface area contributed by atoms with Crippen molar-refractivity contribution in [2.24, 2.45) is 22.9 Å². The fourth-order valence-corrected chi connectivity index (χ4v) is 5.84. The summed E-state index contributed by atoms with van der Waals surface area (Å²) in [6, 6.07) is -1.65. The molecule has 0 aliphatic heterocycles. The van der Waals surface area contributed by atoms with Gasteiger partial charge in [-0.15, -0.1) is 0 Å². The molecule has 0 aromatic heterocycles. The van der Waals surface area contributed by atoms with Crippen molar-refractivity contribution in [1.82, 2.24) is 0 Å². The van der Waals surface area contributed by atoms with Gasteiger partial charge in [0.25, 0.3) is 0 Å². The molecule has 0 unspecified atom stereocenters. The van der Waals surface area contributed by atoms with E-state index in [-0.39, 0.29) is 23.1 Å². The topological polar surface area (TPSA) is 259 Å². The molecule has 0 spiro atoms. The fourth-order valence-electron chi connectivity index (χ4n) is 5.84. The van der Waals surface area contributed by atoms with Crippen molar-refractivity contribution in [1.29, 1.82) is 0 Å². The van der Waals surface area contributed by atoms with Gasteiger partial charge in [0.15, 0.2) is 0 Å². The van der Waals surface area contributed by atoms with Crippen LogP contribution in [0.5, 0.6) is 0 Å². The predicted octanol–water partition coefficient (Wildman–Crippen LogP) is 7.11. The number of aliphatic carboxylic acids is 4. The maximum atomic E-state index is 10.3. The van der Waals surface area contributed by atoms with E-state index < -0.39 is 36.0 Å². The predicted molar refractivity (Wildman–Crippen MR) is 233 cm³/mol. The smallest absolute Gasteiger partial charge is 0.548 e. The first-order chi connectivity index (χ1) is 26.9. The van der Waals surface area contributed by atoms with E-state index in [0.717, 1.165) is 51.4 Å². The summed E-state index contributed by atoms with van der Waals surface area (Å²) >= 11 is 0. The normalized spacial score (nSPS) is 11.3. The van der Waals surface area contributed by atoms with E-state index in [9.17, 15) is 29.4 Å². The molecular formula is C44H90MgN4O8. The second-order valence-electron chi connectivity index (χ2n) is 15.2. The van der Waals surface area contributed by atoms with Crippen molar-refractivity contribution in [2.45, 2.75) is 244 Å². The second kappa shape index (κ2) is 56.6. The molecular weight excluding hydrogens is 737 g/mol. The Morgan fingerprint density at radius 2 is 0.614 bits per heavy atom. The van der Waals surface area contributed by atoms with E-state index in [1.54, 1.807) is 0 Å². The van der Waals surface area contributed by atoms with Gasteiger partial charge >= 0.3 is 35.0 Å². The van der Waals surface area contributed by atoms with E-state index >= 15 is 0 Å². The van der Waals surface area contributed by atoms with Gasteiger partial charge < -0.3 is 52.9 Å². The van der Waals surface area contributed by atoms with Crippen LogP contribution in [-0.4, -0.2) is 82.3 Å². The van der Waals surface area contributed by atoms with Crippen LogP contribution >= 0.6 is 0 Å². The molecule has 0 saturated heterocycles. The van der Waals surface area contributed by atoms with Gasteiger partial charge in [0.05, 0.1) is 11.9 Å². The Balaban J connectivity index is -0.000000217. The van der Waals surface area contributed by atoms with Crippen molar-refractivity contribution < 1.29 is 39.6 Å². The molecule has 0 radical (unpaired) electrons. The van der Waals surface area contributed by atoms with Crippen LogP contribution in [0.15, 0.2) is 0 Å². The maximum absolute atomic E-state index is 10.3. The molecule has 0 aliphatic rings. The summed E-state index contributed by atoms with van der Waals surface area (Å²) in [7, 11) is 0. The minimum absolute atomic E-state index is 0. The van der Waals surface area contributed by atoms with Crippen LogP contribution in [0.1, 0.15) is 232 Å². The summed E-state index contributed by atoms with van der Waals surface area (Å²) in [5, 5.41) is 37.0. The van der Waals surface area contributed by atoms with E-state index in [1.165, 1.54) is 141 Å². The van der Waals surface area contributed by atoms with E-state index in [0.29, 0.717) is 38.8 Å². The van der Waals surface area contributed by atoms with Crippen LogP contribution in [-0.2, 0) is 19.2 Å². The number of unbranched alkanes of at least 4 members (excludes halogenated alkanes) is 26. The Kier molecular flexibility index (Phi) is 64.2.